The molecule has 0 atom stereocenters. The molecule has 0 unspecified atom stereocenters. The minimum atomic E-state index is -4.34. The Labute approximate surface area is 202 Å². The maximum Gasteiger partial charge on any atom is 0.416 e. The summed E-state index contributed by atoms with van der Waals surface area (Å²) in [4.78, 5) is 28.0. The standard InChI is InChI=1S/C25H28F3N3O4/c1-17-4-7-20(29-15-22(23(32)34-2)24(33)35-3)14-18(17)16-30-10-12-31(13-11-30)21-8-5-19(6-9-21)25(26,27)28/h4-9,14-15,29H,10-13,16H2,1-3H3. The van der Waals surface area contributed by atoms with E-state index >= 15 is 0 Å². The molecule has 1 fully saturated rings. The highest BCUT2D eigenvalue weighted by atomic mass is 19.4. The fourth-order valence-electron chi connectivity index (χ4n) is 3.77. The van der Waals surface area contributed by atoms with Gasteiger partial charge in [0.2, 0.25) is 0 Å². The van der Waals surface area contributed by atoms with Gasteiger partial charge in [0.05, 0.1) is 19.8 Å². The van der Waals surface area contributed by atoms with E-state index in [1.807, 2.05) is 25.1 Å². The van der Waals surface area contributed by atoms with Crippen LogP contribution in [0.4, 0.5) is 24.5 Å². The van der Waals surface area contributed by atoms with Gasteiger partial charge in [0.25, 0.3) is 0 Å². The lowest BCUT2D eigenvalue weighted by atomic mass is 10.1. The molecule has 1 saturated heterocycles. The maximum absolute atomic E-state index is 12.8. The summed E-state index contributed by atoms with van der Waals surface area (Å²) in [6.07, 6.45) is -3.08. The maximum atomic E-state index is 12.8. The van der Waals surface area contributed by atoms with E-state index in [1.165, 1.54) is 32.6 Å². The van der Waals surface area contributed by atoms with Crippen LogP contribution in [0.25, 0.3) is 0 Å². The number of hydrogen-bond acceptors (Lipinski definition) is 7. The third-order valence-electron chi connectivity index (χ3n) is 5.87. The lowest BCUT2D eigenvalue weighted by Gasteiger charge is -2.36. The normalized spacial score (nSPS) is 14.3. The molecular formula is C25H28F3N3O4. The van der Waals surface area contributed by atoms with Gasteiger partial charge >= 0.3 is 18.1 Å². The molecule has 0 aliphatic carbocycles. The SMILES string of the molecule is COC(=O)C(=CNc1ccc(C)c(CN2CCN(c3ccc(C(F)(F)F)cc3)CC2)c1)C(=O)OC. The number of ether oxygens (including phenoxy) is 2. The van der Waals surface area contributed by atoms with Gasteiger partial charge in [-0.15, -0.1) is 0 Å². The van der Waals surface area contributed by atoms with Crippen LogP contribution in [0.1, 0.15) is 16.7 Å². The zero-order chi connectivity index (χ0) is 25.6. The van der Waals surface area contributed by atoms with E-state index in [0.717, 1.165) is 42.0 Å². The number of methoxy groups -OCH3 is 2. The number of halogens is 3. The second kappa shape index (κ2) is 11.3. The predicted octanol–water partition coefficient (Wildman–Crippen LogP) is 3.98. The fourth-order valence-corrected chi connectivity index (χ4v) is 3.77. The zero-order valence-corrected chi connectivity index (χ0v) is 19.8. The van der Waals surface area contributed by atoms with Crippen LogP contribution in [0, 0.1) is 6.92 Å². The molecule has 2 aromatic carbocycles. The van der Waals surface area contributed by atoms with Crippen LogP contribution in [0.3, 0.4) is 0 Å². The summed E-state index contributed by atoms with van der Waals surface area (Å²) in [5.74, 6) is -1.61. The highest BCUT2D eigenvalue weighted by Crippen LogP contribution is 2.31. The highest BCUT2D eigenvalue weighted by Gasteiger charge is 2.30. The Morgan fingerprint density at radius 3 is 2.11 bits per heavy atom. The topological polar surface area (TPSA) is 71.1 Å². The Kier molecular flexibility index (Phi) is 8.39. The quantitative estimate of drug-likeness (QED) is 0.272. The number of nitrogens with zero attached hydrogens (tertiary/aromatic N) is 2. The number of piperazine rings is 1. The third kappa shape index (κ3) is 6.75. The number of benzene rings is 2. The number of carbonyl (C=O) groups is 2. The van der Waals surface area contributed by atoms with E-state index in [4.69, 9.17) is 0 Å². The number of anilines is 2. The van der Waals surface area contributed by atoms with Gasteiger partial charge in [0.15, 0.2) is 5.57 Å². The van der Waals surface area contributed by atoms with Crippen LogP contribution in [-0.4, -0.2) is 57.2 Å². The molecule has 188 valence electrons. The van der Waals surface area contributed by atoms with Crippen molar-refractivity contribution in [3.8, 4) is 0 Å². The molecule has 1 aliphatic rings. The number of alkyl halides is 3. The van der Waals surface area contributed by atoms with Crippen molar-refractivity contribution in [2.24, 2.45) is 0 Å². The first-order valence-electron chi connectivity index (χ1n) is 11.0. The molecule has 1 N–H and O–H groups in total. The molecule has 2 aromatic rings. The van der Waals surface area contributed by atoms with Crippen LogP contribution in [0.2, 0.25) is 0 Å². The first kappa shape index (κ1) is 26.1. The van der Waals surface area contributed by atoms with Crippen LogP contribution in [0.15, 0.2) is 54.2 Å². The lowest BCUT2D eigenvalue weighted by Crippen LogP contribution is -2.46. The molecule has 0 saturated carbocycles. The first-order valence-corrected chi connectivity index (χ1v) is 11.0. The Hall–Kier alpha value is -3.53. The molecule has 35 heavy (non-hydrogen) atoms. The summed E-state index contributed by atoms with van der Waals surface area (Å²) in [5.41, 5.74) is 2.73. The molecule has 1 aliphatic heterocycles. The molecule has 0 aromatic heterocycles. The number of rotatable bonds is 7. The Balaban J connectivity index is 1.62. The predicted molar refractivity (Wildman–Crippen MR) is 126 cm³/mol. The summed E-state index contributed by atoms with van der Waals surface area (Å²) in [7, 11) is 2.36. The number of aryl methyl sites for hydroxylation is 1. The largest absolute Gasteiger partial charge is 0.465 e. The van der Waals surface area contributed by atoms with Crippen LogP contribution in [0.5, 0.6) is 0 Å². The van der Waals surface area contributed by atoms with Gasteiger partial charge in [0.1, 0.15) is 0 Å². The highest BCUT2D eigenvalue weighted by molar-refractivity contribution is 6.14. The number of hydrogen-bond donors (Lipinski definition) is 1. The van der Waals surface area contributed by atoms with Crippen LogP contribution >= 0.6 is 0 Å². The van der Waals surface area contributed by atoms with Crippen molar-refractivity contribution in [3.05, 3.63) is 70.9 Å². The Bertz CT molecular complexity index is 1060. The van der Waals surface area contributed by atoms with Crippen molar-refractivity contribution in [1.29, 1.82) is 0 Å². The average Bonchev–Trinajstić information content (AvgIpc) is 2.85. The molecule has 10 heteroatoms. The molecule has 0 amide bonds. The van der Waals surface area contributed by atoms with Gasteiger partial charge < -0.3 is 19.7 Å². The minimum absolute atomic E-state index is 0.253. The van der Waals surface area contributed by atoms with Crippen LogP contribution < -0.4 is 10.2 Å². The van der Waals surface area contributed by atoms with Crippen molar-refractivity contribution in [2.45, 2.75) is 19.6 Å². The Morgan fingerprint density at radius 2 is 1.57 bits per heavy atom. The minimum Gasteiger partial charge on any atom is -0.465 e. The average molecular weight is 492 g/mol. The molecule has 0 bridgehead atoms. The molecular weight excluding hydrogens is 463 g/mol. The summed E-state index contributed by atoms with van der Waals surface area (Å²) in [5, 5.41) is 2.95. The summed E-state index contributed by atoms with van der Waals surface area (Å²) in [6, 6.07) is 11.0. The van der Waals surface area contributed by atoms with Gasteiger partial charge in [0, 0.05) is 50.3 Å². The molecule has 0 spiro atoms. The van der Waals surface area contributed by atoms with E-state index < -0.39 is 23.7 Å². The van der Waals surface area contributed by atoms with Crippen molar-refractivity contribution in [2.75, 3.05) is 50.6 Å². The number of carbonyl (C=O) groups excluding carboxylic acids is 2. The van der Waals surface area contributed by atoms with E-state index in [1.54, 1.807) is 0 Å². The van der Waals surface area contributed by atoms with Gasteiger partial charge in [-0.25, -0.2) is 9.59 Å². The second-order valence-corrected chi connectivity index (χ2v) is 8.13. The van der Waals surface area contributed by atoms with E-state index in [0.29, 0.717) is 25.3 Å². The van der Waals surface area contributed by atoms with Gasteiger partial charge in [-0.1, -0.05) is 6.07 Å². The van der Waals surface area contributed by atoms with E-state index in [9.17, 15) is 22.8 Å². The van der Waals surface area contributed by atoms with Gasteiger partial charge in [-0.2, -0.15) is 13.2 Å². The summed E-state index contributed by atoms with van der Waals surface area (Å²) in [6.45, 7) is 5.60. The van der Waals surface area contributed by atoms with Crippen LogP contribution in [-0.2, 0) is 31.8 Å². The third-order valence-corrected chi connectivity index (χ3v) is 5.87. The number of esters is 2. The monoisotopic (exact) mass is 491 g/mol. The summed E-state index contributed by atoms with van der Waals surface area (Å²) < 4.78 is 47.6. The lowest BCUT2D eigenvalue weighted by molar-refractivity contribution is -0.144. The van der Waals surface area contributed by atoms with E-state index in [-0.39, 0.29) is 5.57 Å². The molecule has 0 radical (unpaired) electrons. The van der Waals surface area contributed by atoms with Gasteiger partial charge in [-0.3, -0.25) is 4.90 Å². The van der Waals surface area contributed by atoms with Gasteiger partial charge in [-0.05, 0) is 54.4 Å². The molecule has 1 heterocycles. The Morgan fingerprint density at radius 1 is 0.971 bits per heavy atom. The first-order chi connectivity index (χ1) is 16.6. The van der Waals surface area contributed by atoms with Crippen molar-refractivity contribution >= 4 is 23.3 Å². The molecule has 3 rings (SSSR count). The zero-order valence-electron chi connectivity index (χ0n) is 19.8. The second-order valence-electron chi connectivity index (χ2n) is 8.13. The van der Waals surface area contributed by atoms with Crippen molar-refractivity contribution in [3.63, 3.8) is 0 Å². The summed E-state index contributed by atoms with van der Waals surface area (Å²) >= 11 is 0. The van der Waals surface area contributed by atoms with Crippen molar-refractivity contribution < 1.29 is 32.2 Å². The number of nitrogens with one attached hydrogen (secondary N) is 1. The van der Waals surface area contributed by atoms with Crippen molar-refractivity contribution in [1.82, 2.24) is 4.90 Å². The fraction of sp³-hybridized carbons (Fsp3) is 0.360. The van der Waals surface area contributed by atoms with E-state index in [2.05, 4.69) is 24.6 Å². The smallest absolute Gasteiger partial charge is 0.416 e. The molecule has 7 nitrogen and oxygen atoms in total.